The normalized spacial score (nSPS) is 32.2. The molecular formula is C11H16N2O4. The second-order valence-corrected chi connectivity index (χ2v) is 4.63. The zero-order valence-corrected chi connectivity index (χ0v) is 9.44. The van der Waals surface area contributed by atoms with E-state index in [-0.39, 0.29) is 11.8 Å². The average molecular weight is 240 g/mol. The molecule has 0 aromatic rings. The summed E-state index contributed by atoms with van der Waals surface area (Å²) in [6, 6.07) is -0.500. The Morgan fingerprint density at radius 1 is 1.29 bits per heavy atom. The van der Waals surface area contributed by atoms with Crippen LogP contribution in [0.3, 0.4) is 0 Å². The van der Waals surface area contributed by atoms with Crippen LogP contribution in [0.2, 0.25) is 0 Å². The minimum atomic E-state index is -0.935. The molecule has 0 aromatic heterocycles. The fourth-order valence-electron chi connectivity index (χ4n) is 2.11. The molecule has 94 valence electrons. The highest BCUT2D eigenvalue weighted by molar-refractivity contribution is 5.93. The first-order chi connectivity index (χ1) is 8.09. The van der Waals surface area contributed by atoms with Gasteiger partial charge in [-0.15, -0.1) is 0 Å². The molecule has 17 heavy (non-hydrogen) atoms. The number of aliphatic carboxylic acids is 1. The van der Waals surface area contributed by atoms with Crippen LogP contribution in [0.25, 0.3) is 0 Å². The van der Waals surface area contributed by atoms with Crippen LogP contribution in [0.4, 0.5) is 0 Å². The maximum atomic E-state index is 11.7. The minimum Gasteiger partial charge on any atom is -0.481 e. The molecule has 1 aliphatic carbocycles. The van der Waals surface area contributed by atoms with Gasteiger partial charge in [0.05, 0.1) is 11.8 Å². The molecule has 6 nitrogen and oxygen atoms in total. The lowest BCUT2D eigenvalue weighted by molar-refractivity contribution is -0.140. The van der Waals surface area contributed by atoms with E-state index in [0.717, 1.165) is 12.8 Å². The molecular weight excluding hydrogens is 224 g/mol. The van der Waals surface area contributed by atoms with Crippen LogP contribution in [0.5, 0.6) is 0 Å². The monoisotopic (exact) mass is 240 g/mol. The lowest BCUT2D eigenvalue weighted by Crippen LogP contribution is -2.46. The molecule has 3 atom stereocenters. The third-order valence-electron chi connectivity index (χ3n) is 3.30. The van der Waals surface area contributed by atoms with Crippen molar-refractivity contribution in [2.75, 3.05) is 6.54 Å². The van der Waals surface area contributed by atoms with Crippen LogP contribution in [-0.2, 0) is 14.4 Å². The highest BCUT2D eigenvalue weighted by atomic mass is 16.4. The molecule has 2 fully saturated rings. The van der Waals surface area contributed by atoms with Gasteiger partial charge in [0.15, 0.2) is 0 Å². The molecule has 2 amide bonds. The van der Waals surface area contributed by atoms with Crippen LogP contribution in [-0.4, -0.2) is 35.5 Å². The van der Waals surface area contributed by atoms with Crippen LogP contribution in [0.15, 0.2) is 0 Å². The van der Waals surface area contributed by atoms with Gasteiger partial charge in [-0.1, -0.05) is 0 Å². The van der Waals surface area contributed by atoms with E-state index < -0.39 is 23.8 Å². The van der Waals surface area contributed by atoms with Gasteiger partial charge in [0.2, 0.25) is 11.8 Å². The topological polar surface area (TPSA) is 95.5 Å². The number of carbonyl (C=O) groups excluding carboxylic acids is 2. The average Bonchev–Trinajstić information content (AvgIpc) is 3.05. The summed E-state index contributed by atoms with van der Waals surface area (Å²) in [6.45, 7) is 0.645. The highest BCUT2D eigenvalue weighted by Gasteiger charge is 2.48. The number of carbonyl (C=O) groups is 3. The standard InChI is InChI=1S/C11H16N2O4/c14-9(6-5-7(6)11(16)17)13-8-3-1-2-4-12-10(8)15/h6-8H,1-5H2,(H,12,15)(H,13,14)(H,16,17). The van der Waals surface area contributed by atoms with Gasteiger partial charge in [-0.3, -0.25) is 14.4 Å². The van der Waals surface area contributed by atoms with Crippen molar-refractivity contribution in [3.8, 4) is 0 Å². The number of carboxylic acids is 1. The van der Waals surface area contributed by atoms with Gasteiger partial charge >= 0.3 is 5.97 Å². The summed E-state index contributed by atoms with van der Waals surface area (Å²) in [7, 11) is 0. The second-order valence-electron chi connectivity index (χ2n) is 4.63. The van der Waals surface area contributed by atoms with Crippen LogP contribution < -0.4 is 10.6 Å². The highest BCUT2D eigenvalue weighted by Crippen LogP contribution is 2.38. The molecule has 0 radical (unpaired) electrons. The summed E-state index contributed by atoms with van der Waals surface area (Å²) in [6.07, 6.45) is 2.81. The van der Waals surface area contributed by atoms with Crippen molar-refractivity contribution in [2.45, 2.75) is 31.7 Å². The van der Waals surface area contributed by atoms with Gasteiger partial charge < -0.3 is 15.7 Å². The summed E-state index contributed by atoms with van der Waals surface area (Å²) >= 11 is 0. The predicted octanol–water partition coefficient (Wildman–Crippen LogP) is -0.508. The molecule has 0 spiro atoms. The van der Waals surface area contributed by atoms with E-state index in [4.69, 9.17) is 5.11 Å². The number of amides is 2. The van der Waals surface area contributed by atoms with Crippen molar-refractivity contribution in [3.63, 3.8) is 0 Å². The Bertz CT molecular complexity index is 355. The van der Waals surface area contributed by atoms with E-state index in [9.17, 15) is 14.4 Å². The van der Waals surface area contributed by atoms with Crippen molar-refractivity contribution < 1.29 is 19.5 Å². The summed E-state index contributed by atoms with van der Waals surface area (Å²) in [5.41, 5.74) is 0. The summed E-state index contributed by atoms with van der Waals surface area (Å²) < 4.78 is 0. The number of nitrogens with one attached hydrogen (secondary N) is 2. The first-order valence-corrected chi connectivity index (χ1v) is 5.90. The lowest BCUT2D eigenvalue weighted by atomic mass is 10.1. The van der Waals surface area contributed by atoms with Gasteiger partial charge in [0.25, 0.3) is 0 Å². The van der Waals surface area contributed by atoms with E-state index in [1.807, 2.05) is 0 Å². The Morgan fingerprint density at radius 2 is 2.06 bits per heavy atom. The van der Waals surface area contributed by atoms with Gasteiger partial charge in [0, 0.05) is 6.54 Å². The Hall–Kier alpha value is -1.59. The largest absolute Gasteiger partial charge is 0.481 e. The van der Waals surface area contributed by atoms with E-state index in [1.54, 1.807) is 0 Å². The van der Waals surface area contributed by atoms with Crippen molar-refractivity contribution in [2.24, 2.45) is 11.8 Å². The van der Waals surface area contributed by atoms with Crippen LogP contribution in [0.1, 0.15) is 25.7 Å². The summed E-state index contributed by atoms with van der Waals surface area (Å²) in [5.74, 6) is -2.43. The molecule has 1 heterocycles. The van der Waals surface area contributed by atoms with E-state index in [0.29, 0.717) is 19.4 Å². The molecule has 1 saturated carbocycles. The molecule has 3 N–H and O–H groups in total. The number of carboxylic acid groups (broad SMARTS) is 1. The molecule has 1 aliphatic heterocycles. The SMILES string of the molecule is O=C1NCCCCC1NC(=O)C1CC1C(=O)O. The van der Waals surface area contributed by atoms with Crippen LogP contribution >= 0.6 is 0 Å². The molecule has 6 heteroatoms. The van der Waals surface area contributed by atoms with Crippen LogP contribution in [0, 0.1) is 11.8 Å². The van der Waals surface area contributed by atoms with E-state index in [1.165, 1.54) is 0 Å². The molecule has 1 saturated heterocycles. The lowest BCUT2D eigenvalue weighted by Gasteiger charge is -2.14. The van der Waals surface area contributed by atoms with E-state index in [2.05, 4.69) is 10.6 Å². The molecule has 2 aliphatic rings. The second kappa shape index (κ2) is 4.73. The zero-order valence-electron chi connectivity index (χ0n) is 9.44. The van der Waals surface area contributed by atoms with Gasteiger partial charge in [-0.25, -0.2) is 0 Å². The van der Waals surface area contributed by atoms with Gasteiger partial charge in [0.1, 0.15) is 6.04 Å². The first-order valence-electron chi connectivity index (χ1n) is 5.90. The number of rotatable bonds is 3. The summed E-state index contributed by atoms with van der Waals surface area (Å²) in [4.78, 5) is 33.9. The third-order valence-corrected chi connectivity index (χ3v) is 3.30. The fraction of sp³-hybridized carbons (Fsp3) is 0.727. The molecule has 0 bridgehead atoms. The zero-order chi connectivity index (χ0) is 12.4. The smallest absolute Gasteiger partial charge is 0.307 e. The van der Waals surface area contributed by atoms with Gasteiger partial charge in [-0.2, -0.15) is 0 Å². The van der Waals surface area contributed by atoms with Crippen molar-refractivity contribution >= 4 is 17.8 Å². The Balaban J connectivity index is 1.86. The minimum absolute atomic E-state index is 0.164. The van der Waals surface area contributed by atoms with Gasteiger partial charge in [-0.05, 0) is 25.7 Å². The molecule has 2 rings (SSSR count). The van der Waals surface area contributed by atoms with Crippen molar-refractivity contribution in [1.29, 1.82) is 0 Å². The quantitative estimate of drug-likeness (QED) is 0.619. The maximum Gasteiger partial charge on any atom is 0.307 e. The van der Waals surface area contributed by atoms with Crippen molar-refractivity contribution in [1.82, 2.24) is 10.6 Å². The Labute approximate surface area is 98.8 Å². The van der Waals surface area contributed by atoms with Crippen molar-refractivity contribution in [3.05, 3.63) is 0 Å². The predicted molar refractivity (Wildman–Crippen MR) is 58.0 cm³/mol. The number of hydrogen-bond donors (Lipinski definition) is 3. The number of hydrogen-bond acceptors (Lipinski definition) is 3. The molecule has 0 aromatic carbocycles. The molecule has 3 unspecified atom stereocenters. The Kier molecular flexibility index (Phi) is 3.31. The first kappa shape index (κ1) is 11.9. The maximum absolute atomic E-state index is 11.7. The Morgan fingerprint density at radius 3 is 2.71 bits per heavy atom. The van der Waals surface area contributed by atoms with E-state index >= 15 is 0 Å². The fourth-order valence-corrected chi connectivity index (χ4v) is 2.11. The summed E-state index contributed by atoms with van der Waals surface area (Å²) in [5, 5.41) is 14.1. The third kappa shape index (κ3) is 2.75.